The second kappa shape index (κ2) is 8.34. The Labute approximate surface area is 189 Å². The summed E-state index contributed by atoms with van der Waals surface area (Å²) in [5.74, 6) is 0. The first kappa shape index (κ1) is 19.5. The van der Waals surface area contributed by atoms with Gasteiger partial charge in [-0.3, -0.25) is 9.69 Å². The molecule has 0 aliphatic carbocycles. The Bertz CT molecular complexity index is 1280. The van der Waals surface area contributed by atoms with Crippen molar-refractivity contribution in [1.29, 1.82) is 0 Å². The molecule has 150 valence electrons. The number of hydrogen-bond donors (Lipinski definition) is 0. The van der Waals surface area contributed by atoms with Crippen LogP contribution in [0.1, 0.15) is 5.56 Å². The number of para-hydroxylation sites is 2. The zero-order valence-corrected chi connectivity index (χ0v) is 18.0. The molecule has 6 heteroatoms. The number of carbonyl (C=O) groups is 1. The summed E-state index contributed by atoms with van der Waals surface area (Å²) in [4.78, 5) is 15.5. The van der Waals surface area contributed by atoms with E-state index in [0.29, 0.717) is 4.99 Å². The van der Waals surface area contributed by atoms with Crippen molar-refractivity contribution in [2.24, 2.45) is 0 Å². The van der Waals surface area contributed by atoms with Gasteiger partial charge in [0.1, 0.15) is 4.99 Å². The maximum absolute atomic E-state index is 12.7. The zero-order valence-electron chi connectivity index (χ0n) is 16.4. The van der Waals surface area contributed by atoms with Gasteiger partial charge in [0, 0.05) is 17.3 Å². The van der Waals surface area contributed by atoms with Gasteiger partial charge in [-0.1, -0.05) is 78.9 Å². The second-order valence-corrected chi connectivity index (χ2v) is 8.31. The molecule has 4 nitrogen and oxygen atoms in total. The molecule has 0 radical (unpaired) electrons. The topological polar surface area (TPSA) is 38.1 Å². The van der Waals surface area contributed by atoms with E-state index in [1.54, 1.807) is 4.90 Å². The van der Waals surface area contributed by atoms with Crippen LogP contribution in [0.4, 0.5) is 10.5 Å². The van der Waals surface area contributed by atoms with E-state index in [0.717, 1.165) is 44.9 Å². The molecule has 0 spiro atoms. The van der Waals surface area contributed by atoms with Crippen molar-refractivity contribution in [3.8, 4) is 16.9 Å². The van der Waals surface area contributed by atoms with Gasteiger partial charge in [0.2, 0.25) is 0 Å². The maximum atomic E-state index is 12.7. The van der Waals surface area contributed by atoms with Crippen molar-refractivity contribution in [2.75, 3.05) is 4.90 Å². The minimum Gasteiger partial charge on any atom is -0.261 e. The number of carbonyl (C=O) groups excluding carboxylic acids is 1. The zero-order chi connectivity index (χ0) is 21.2. The Morgan fingerprint density at radius 3 is 2.03 bits per heavy atom. The summed E-state index contributed by atoms with van der Waals surface area (Å²) in [6.07, 6.45) is 3.94. The Morgan fingerprint density at radius 2 is 1.39 bits per heavy atom. The Morgan fingerprint density at radius 1 is 0.806 bits per heavy atom. The number of rotatable bonds is 4. The largest absolute Gasteiger partial charge is 0.296 e. The van der Waals surface area contributed by atoms with Crippen LogP contribution in [0, 0.1) is 0 Å². The van der Waals surface area contributed by atoms with Gasteiger partial charge in [0.05, 0.1) is 22.0 Å². The van der Waals surface area contributed by atoms with E-state index in [1.165, 1.54) is 0 Å². The van der Waals surface area contributed by atoms with Crippen LogP contribution >= 0.6 is 24.0 Å². The third-order valence-electron chi connectivity index (χ3n) is 4.91. The number of thiocarbonyl (C=S) groups is 1. The van der Waals surface area contributed by atoms with Crippen LogP contribution in [-0.2, 0) is 0 Å². The Balaban J connectivity index is 1.58. The fraction of sp³-hybridized carbons (Fsp3) is 0. The molecule has 1 aromatic heterocycles. The fourth-order valence-corrected chi connectivity index (χ4v) is 4.71. The maximum Gasteiger partial charge on any atom is 0.296 e. The van der Waals surface area contributed by atoms with Crippen LogP contribution in [0.3, 0.4) is 0 Å². The highest BCUT2D eigenvalue weighted by molar-refractivity contribution is 8.20. The van der Waals surface area contributed by atoms with E-state index < -0.39 is 0 Å². The van der Waals surface area contributed by atoms with Crippen molar-refractivity contribution in [3.05, 3.63) is 108 Å². The van der Waals surface area contributed by atoms with Crippen LogP contribution in [0.15, 0.2) is 102 Å². The summed E-state index contributed by atoms with van der Waals surface area (Å²) in [6, 6.07) is 29.5. The molecule has 0 atom stereocenters. The van der Waals surface area contributed by atoms with Crippen LogP contribution < -0.4 is 4.90 Å². The number of nitrogens with zero attached hydrogens (tertiary/aromatic N) is 3. The van der Waals surface area contributed by atoms with Gasteiger partial charge in [-0.15, -0.1) is 0 Å². The van der Waals surface area contributed by atoms with Crippen molar-refractivity contribution in [3.63, 3.8) is 0 Å². The number of thioether (sulfide) groups is 1. The monoisotopic (exact) mass is 439 g/mol. The molecule has 5 rings (SSSR count). The molecule has 1 aliphatic heterocycles. The molecule has 0 bridgehead atoms. The van der Waals surface area contributed by atoms with Crippen molar-refractivity contribution < 1.29 is 4.79 Å². The third kappa shape index (κ3) is 3.83. The standard InChI is InChI=1S/C25H17N3OS2/c29-25-28(21-14-8-3-9-15-21)24(30)22(31-25)16-19-17-27(20-12-6-2-7-13-20)26-23(19)18-10-4-1-5-11-18/h1-17H/b22-16-. The second-order valence-electron chi connectivity index (χ2n) is 6.93. The SMILES string of the molecule is O=C1S/C(=C\c2cn(-c3ccccc3)nc2-c2ccccc2)C(=S)N1c1ccccc1. The first-order valence-corrected chi connectivity index (χ1v) is 11.0. The summed E-state index contributed by atoms with van der Waals surface area (Å²) in [7, 11) is 0. The summed E-state index contributed by atoms with van der Waals surface area (Å²) in [5.41, 5.74) is 4.49. The highest BCUT2D eigenvalue weighted by atomic mass is 32.2. The number of hydrogen-bond acceptors (Lipinski definition) is 4. The van der Waals surface area contributed by atoms with Crippen LogP contribution in [-0.4, -0.2) is 20.0 Å². The number of benzene rings is 3. The van der Waals surface area contributed by atoms with Crippen molar-refractivity contribution >= 4 is 46.0 Å². The van der Waals surface area contributed by atoms with Gasteiger partial charge < -0.3 is 0 Å². The lowest BCUT2D eigenvalue weighted by molar-refractivity contribution is 0.268. The lowest BCUT2D eigenvalue weighted by Gasteiger charge is -2.14. The van der Waals surface area contributed by atoms with E-state index in [4.69, 9.17) is 17.3 Å². The average Bonchev–Trinajstić information content (AvgIpc) is 3.36. The molecule has 31 heavy (non-hydrogen) atoms. The minimum absolute atomic E-state index is 0.0980. The Hall–Kier alpha value is -3.48. The van der Waals surface area contributed by atoms with Gasteiger partial charge in [-0.2, -0.15) is 5.10 Å². The molecule has 1 saturated heterocycles. The molecular weight excluding hydrogens is 422 g/mol. The highest BCUT2D eigenvalue weighted by Gasteiger charge is 2.33. The lowest BCUT2D eigenvalue weighted by atomic mass is 10.1. The first-order valence-electron chi connectivity index (χ1n) is 9.74. The smallest absolute Gasteiger partial charge is 0.261 e. The lowest BCUT2D eigenvalue weighted by Crippen LogP contribution is -2.26. The predicted molar refractivity (Wildman–Crippen MR) is 131 cm³/mol. The predicted octanol–water partition coefficient (Wildman–Crippen LogP) is 6.58. The first-order chi connectivity index (χ1) is 15.2. The van der Waals surface area contributed by atoms with Crippen molar-refractivity contribution in [2.45, 2.75) is 0 Å². The van der Waals surface area contributed by atoms with Gasteiger partial charge in [-0.05, 0) is 42.1 Å². The van der Waals surface area contributed by atoms with E-state index in [-0.39, 0.29) is 5.24 Å². The van der Waals surface area contributed by atoms with Gasteiger partial charge >= 0.3 is 0 Å². The summed E-state index contributed by atoms with van der Waals surface area (Å²) < 4.78 is 1.86. The van der Waals surface area contributed by atoms with Crippen LogP contribution in [0.2, 0.25) is 0 Å². The minimum atomic E-state index is -0.0980. The molecule has 0 saturated carbocycles. The molecular formula is C25H17N3OS2. The normalized spacial score (nSPS) is 15.1. The van der Waals surface area contributed by atoms with Crippen molar-refractivity contribution in [1.82, 2.24) is 9.78 Å². The number of amides is 1. The molecule has 2 heterocycles. The highest BCUT2D eigenvalue weighted by Crippen LogP contribution is 2.38. The van der Waals surface area contributed by atoms with E-state index in [9.17, 15) is 4.79 Å². The molecule has 1 fully saturated rings. The number of aromatic nitrogens is 2. The summed E-state index contributed by atoms with van der Waals surface area (Å²) in [5, 5.41) is 4.74. The molecule has 1 amide bonds. The van der Waals surface area contributed by atoms with E-state index >= 15 is 0 Å². The molecule has 3 aromatic carbocycles. The average molecular weight is 440 g/mol. The molecule has 0 unspecified atom stereocenters. The molecule has 0 N–H and O–H groups in total. The van der Waals surface area contributed by atoms with Gasteiger partial charge in [0.25, 0.3) is 5.24 Å². The number of anilines is 1. The van der Waals surface area contributed by atoms with Crippen LogP contribution in [0.5, 0.6) is 0 Å². The van der Waals surface area contributed by atoms with Gasteiger partial charge in [0.15, 0.2) is 0 Å². The molecule has 4 aromatic rings. The van der Waals surface area contributed by atoms with E-state index in [1.807, 2.05) is 108 Å². The fourth-order valence-electron chi connectivity index (χ4n) is 3.43. The molecule has 1 aliphatic rings. The summed E-state index contributed by atoms with van der Waals surface area (Å²) in [6.45, 7) is 0. The Kier molecular flexibility index (Phi) is 5.24. The van der Waals surface area contributed by atoms with E-state index in [2.05, 4.69) is 0 Å². The van der Waals surface area contributed by atoms with Crippen LogP contribution in [0.25, 0.3) is 23.0 Å². The third-order valence-corrected chi connectivity index (χ3v) is 6.33. The summed E-state index contributed by atoms with van der Waals surface area (Å²) >= 11 is 6.82. The quantitative estimate of drug-likeness (QED) is 0.266. The van der Waals surface area contributed by atoms with Gasteiger partial charge in [-0.25, -0.2) is 4.68 Å².